The van der Waals surface area contributed by atoms with Gasteiger partial charge in [-0.05, 0) is 19.3 Å². The second-order valence-electron chi connectivity index (χ2n) is 4.58. The van der Waals surface area contributed by atoms with Crippen molar-refractivity contribution in [2.75, 3.05) is 26.7 Å². The zero-order chi connectivity index (χ0) is 13.5. The van der Waals surface area contributed by atoms with Gasteiger partial charge in [-0.3, -0.25) is 14.4 Å². The van der Waals surface area contributed by atoms with Crippen LogP contribution >= 0.6 is 0 Å². The summed E-state index contributed by atoms with van der Waals surface area (Å²) in [5, 5.41) is 8.48. The normalized spacial score (nSPS) is 16.6. The monoisotopic (exact) mass is 256 g/mol. The number of hydrogen-bond donors (Lipinski definition) is 1. The molecule has 1 rings (SSSR count). The van der Waals surface area contributed by atoms with Crippen LogP contribution in [0, 0.1) is 0 Å². The second-order valence-corrected chi connectivity index (χ2v) is 4.58. The maximum absolute atomic E-state index is 11.9. The van der Waals surface area contributed by atoms with Gasteiger partial charge in [-0.2, -0.15) is 0 Å². The van der Waals surface area contributed by atoms with Gasteiger partial charge < -0.3 is 14.9 Å². The molecule has 0 aromatic rings. The van der Waals surface area contributed by atoms with Crippen molar-refractivity contribution in [3.63, 3.8) is 0 Å². The lowest BCUT2D eigenvalue weighted by molar-refractivity contribution is -0.138. The molecule has 6 nitrogen and oxygen atoms in total. The second kappa shape index (κ2) is 6.98. The van der Waals surface area contributed by atoms with E-state index in [-0.39, 0.29) is 24.8 Å². The van der Waals surface area contributed by atoms with Gasteiger partial charge in [-0.15, -0.1) is 0 Å². The number of carbonyl (C=O) groups is 3. The molecule has 18 heavy (non-hydrogen) atoms. The molecule has 0 atom stereocenters. The molecule has 0 aromatic heterocycles. The standard InChI is InChI=1S/C12H20N2O4/c1-13-7-4-8-14(9-11(13)16)10(15)5-2-3-6-12(17)18/h2-9H2,1H3,(H,17,18). The van der Waals surface area contributed by atoms with Crippen LogP contribution in [-0.2, 0) is 14.4 Å². The number of carboxylic acid groups (broad SMARTS) is 1. The number of likely N-dealkylation sites (N-methyl/N-ethyl adjacent to an activating group) is 1. The summed E-state index contributed by atoms with van der Waals surface area (Å²) in [6.45, 7) is 1.43. The summed E-state index contributed by atoms with van der Waals surface area (Å²) in [6, 6.07) is 0. The van der Waals surface area contributed by atoms with Gasteiger partial charge in [-0.1, -0.05) is 0 Å². The van der Waals surface area contributed by atoms with E-state index in [4.69, 9.17) is 5.11 Å². The molecular weight excluding hydrogens is 236 g/mol. The average Bonchev–Trinajstić information content (AvgIpc) is 2.47. The SMILES string of the molecule is CN1CCCN(C(=O)CCCCC(=O)O)CC1=O. The highest BCUT2D eigenvalue weighted by Gasteiger charge is 2.22. The number of nitrogens with zero attached hydrogens (tertiary/aromatic N) is 2. The van der Waals surface area contributed by atoms with Gasteiger partial charge in [0.1, 0.15) is 0 Å². The molecule has 1 aliphatic rings. The Bertz CT molecular complexity index is 330. The number of unbranched alkanes of at least 4 members (excludes halogenated alkanes) is 1. The van der Waals surface area contributed by atoms with Crippen LogP contribution in [0.4, 0.5) is 0 Å². The summed E-state index contributed by atoms with van der Waals surface area (Å²) < 4.78 is 0. The Balaban J connectivity index is 2.32. The van der Waals surface area contributed by atoms with Crippen LogP contribution < -0.4 is 0 Å². The van der Waals surface area contributed by atoms with Crippen molar-refractivity contribution in [3.8, 4) is 0 Å². The van der Waals surface area contributed by atoms with Gasteiger partial charge in [0.2, 0.25) is 11.8 Å². The minimum Gasteiger partial charge on any atom is -0.481 e. The maximum Gasteiger partial charge on any atom is 0.303 e. The highest BCUT2D eigenvalue weighted by atomic mass is 16.4. The molecule has 0 aliphatic carbocycles. The Kier molecular flexibility index (Phi) is 5.61. The van der Waals surface area contributed by atoms with Crippen LogP contribution in [0.25, 0.3) is 0 Å². The Hall–Kier alpha value is -1.59. The molecule has 0 spiro atoms. The molecule has 1 N–H and O–H groups in total. The highest BCUT2D eigenvalue weighted by molar-refractivity contribution is 5.85. The van der Waals surface area contributed by atoms with Crippen molar-refractivity contribution in [3.05, 3.63) is 0 Å². The summed E-state index contributed by atoms with van der Waals surface area (Å²) in [7, 11) is 1.74. The van der Waals surface area contributed by atoms with E-state index in [1.807, 2.05) is 0 Å². The van der Waals surface area contributed by atoms with Gasteiger partial charge in [-0.25, -0.2) is 0 Å². The zero-order valence-electron chi connectivity index (χ0n) is 10.7. The topological polar surface area (TPSA) is 77.9 Å². The molecule has 0 bridgehead atoms. The van der Waals surface area contributed by atoms with Gasteiger partial charge >= 0.3 is 5.97 Å². The van der Waals surface area contributed by atoms with Crippen LogP contribution in [0.5, 0.6) is 0 Å². The van der Waals surface area contributed by atoms with E-state index in [0.29, 0.717) is 32.4 Å². The number of rotatable bonds is 5. The Morgan fingerprint density at radius 3 is 2.56 bits per heavy atom. The maximum atomic E-state index is 11.9. The summed E-state index contributed by atoms with van der Waals surface area (Å²) in [4.78, 5) is 37.0. The lowest BCUT2D eigenvalue weighted by Gasteiger charge is -2.19. The number of carbonyl (C=O) groups excluding carboxylic acids is 2. The molecule has 0 unspecified atom stereocenters. The Labute approximate surface area is 107 Å². The van der Waals surface area contributed by atoms with Crippen LogP contribution in [0.3, 0.4) is 0 Å². The molecule has 1 fully saturated rings. The summed E-state index contributed by atoms with van der Waals surface area (Å²) in [6.07, 6.45) is 2.27. The lowest BCUT2D eigenvalue weighted by atomic mass is 10.2. The zero-order valence-corrected chi connectivity index (χ0v) is 10.7. The fraction of sp³-hybridized carbons (Fsp3) is 0.750. The third-order valence-corrected chi connectivity index (χ3v) is 3.06. The molecule has 0 aromatic carbocycles. The van der Waals surface area contributed by atoms with E-state index in [0.717, 1.165) is 6.42 Å². The molecule has 0 radical (unpaired) electrons. The average molecular weight is 256 g/mol. The van der Waals surface area contributed by atoms with Gasteiger partial charge in [0.25, 0.3) is 0 Å². The third kappa shape index (κ3) is 4.73. The minimum absolute atomic E-state index is 0.0358. The van der Waals surface area contributed by atoms with E-state index >= 15 is 0 Å². The molecular formula is C12H20N2O4. The third-order valence-electron chi connectivity index (χ3n) is 3.06. The van der Waals surface area contributed by atoms with Gasteiger partial charge in [0.05, 0.1) is 6.54 Å². The predicted octanol–water partition coefficient (Wildman–Crippen LogP) is 0.322. The Morgan fingerprint density at radius 1 is 1.22 bits per heavy atom. The number of hydrogen-bond acceptors (Lipinski definition) is 3. The molecule has 1 aliphatic heterocycles. The molecule has 6 heteroatoms. The summed E-state index contributed by atoms with van der Waals surface area (Å²) >= 11 is 0. The first kappa shape index (κ1) is 14.5. The first-order valence-corrected chi connectivity index (χ1v) is 6.24. The largest absolute Gasteiger partial charge is 0.481 e. The molecule has 1 saturated heterocycles. The number of amides is 2. The molecule has 102 valence electrons. The van der Waals surface area contributed by atoms with E-state index in [1.165, 1.54) is 0 Å². The lowest BCUT2D eigenvalue weighted by Crippen LogP contribution is -2.37. The van der Waals surface area contributed by atoms with Crippen molar-refractivity contribution < 1.29 is 19.5 Å². The molecule has 2 amide bonds. The highest BCUT2D eigenvalue weighted by Crippen LogP contribution is 2.08. The van der Waals surface area contributed by atoms with Crippen molar-refractivity contribution in [1.29, 1.82) is 0 Å². The van der Waals surface area contributed by atoms with Gasteiger partial charge in [0, 0.05) is 33.0 Å². The smallest absolute Gasteiger partial charge is 0.303 e. The van der Waals surface area contributed by atoms with Crippen LogP contribution in [-0.4, -0.2) is 59.4 Å². The number of aliphatic carboxylic acids is 1. The minimum atomic E-state index is -0.839. The quantitative estimate of drug-likeness (QED) is 0.719. The van der Waals surface area contributed by atoms with Crippen molar-refractivity contribution >= 4 is 17.8 Å². The predicted molar refractivity (Wildman–Crippen MR) is 64.9 cm³/mol. The van der Waals surface area contributed by atoms with Crippen LogP contribution in [0.2, 0.25) is 0 Å². The van der Waals surface area contributed by atoms with Gasteiger partial charge in [0.15, 0.2) is 0 Å². The van der Waals surface area contributed by atoms with E-state index in [9.17, 15) is 14.4 Å². The fourth-order valence-corrected chi connectivity index (χ4v) is 1.91. The van der Waals surface area contributed by atoms with Crippen molar-refractivity contribution in [2.24, 2.45) is 0 Å². The summed E-state index contributed by atoms with van der Waals surface area (Å²) in [5.74, 6) is -0.926. The van der Waals surface area contributed by atoms with Crippen molar-refractivity contribution in [1.82, 2.24) is 9.80 Å². The molecule has 0 saturated carbocycles. The molecule has 1 heterocycles. The number of carboxylic acids is 1. The first-order valence-electron chi connectivity index (χ1n) is 6.24. The fourth-order valence-electron chi connectivity index (χ4n) is 1.91. The van der Waals surface area contributed by atoms with E-state index < -0.39 is 5.97 Å². The first-order chi connectivity index (χ1) is 8.50. The van der Waals surface area contributed by atoms with E-state index in [2.05, 4.69) is 0 Å². The summed E-state index contributed by atoms with van der Waals surface area (Å²) in [5.41, 5.74) is 0. The van der Waals surface area contributed by atoms with Crippen LogP contribution in [0.1, 0.15) is 32.1 Å². The van der Waals surface area contributed by atoms with Crippen molar-refractivity contribution in [2.45, 2.75) is 32.1 Å². The van der Waals surface area contributed by atoms with E-state index in [1.54, 1.807) is 16.8 Å². The Morgan fingerprint density at radius 2 is 1.89 bits per heavy atom. The van der Waals surface area contributed by atoms with Crippen LogP contribution in [0.15, 0.2) is 0 Å².